The molecule has 3 N–H and O–H groups in total. The number of carbonyl (C=O) groups excluding carboxylic acids is 1. The Hall–Kier alpha value is -2.38. The predicted octanol–water partition coefficient (Wildman–Crippen LogP) is 2.34. The maximum Gasteiger partial charge on any atom is 0.311 e. The Bertz CT molecular complexity index is 766. The number of aliphatic carboxylic acids is 1. The van der Waals surface area contributed by atoms with Crippen molar-refractivity contribution < 1.29 is 19.4 Å². The topological polar surface area (TPSA) is 104 Å². The number of hydrogen-bond donors (Lipinski definition) is 3. The molecule has 1 fully saturated rings. The van der Waals surface area contributed by atoms with E-state index in [4.69, 9.17) is 16.3 Å². The van der Waals surface area contributed by atoms with Gasteiger partial charge < -0.3 is 15.2 Å². The quantitative estimate of drug-likeness (QED) is 0.756. The van der Waals surface area contributed by atoms with Gasteiger partial charge in [-0.2, -0.15) is 5.10 Å². The summed E-state index contributed by atoms with van der Waals surface area (Å²) in [4.78, 5) is 23.9. The number of halogens is 1. The zero-order valence-electron chi connectivity index (χ0n) is 13.4. The number of hydrogen-bond acceptors (Lipinski definition) is 4. The minimum Gasteiger partial charge on any atom is -0.481 e. The summed E-state index contributed by atoms with van der Waals surface area (Å²) in [6, 6.07) is 8.72. The van der Waals surface area contributed by atoms with Gasteiger partial charge in [-0.3, -0.25) is 14.7 Å². The van der Waals surface area contributed by atoms with E-state index in [2.05, 4.69) is 15.5 Å². The lowest BCUT2D eigenvalue weighted by Crippen LogP contribution is -2.46. The number of nitrogens with zero attached hydrogens (tertiary/aromatic N) is 1. The lowest BCUT2D eigenvalue weighted by atomic mass is 9.80. The van der Waals surface area contributed by atoms with Gasteiger partial charge in [-0.15, -0.1) is 0 Å². The monoisotopic (exact) mass is 363 g/mol. The van der Waals surface area contributed by atoms with Crippen LogP contribution in [0.4, 0.5) is 0 Å². The summed E-state index contributed by atoms with van der Waals surface area (Å²) in [6.07, 6.45) is 0.753. The molecule has 0 bridgehead atoms. The first-order chi connectivity index (χ1) is 12.0. The van der Waals surface area contributed by atoms with Crippen LogP contribution in [0.2, 0.25) is 5.02 Å². The van der Waals surface area contributed by atoms with Crippen LogP contribution >= 0.6 is 11.6 Å². The summed E-state index contributed by atoms with van der Waals surface area (Å²) in [7, 11) is 0. The van der Waals surface area contributed by atoms with E-state index in [1.54, 1.807) is 18.2 Å². The number of nitrogens with one attached hydrogen (secondary N) is 2. The number of aromatic amines is 1. The maximum atomic E-state index is 12.3. The molecular weight excluding hydrogens is 346 g/mol. The van der Waals surface area contributed by atoms with Crippen LogP contribution in [0.25, 0.3) is 11.3 Å². The van der Waals surface area contributed by atoms with Gasteiger partial charge >= 0.3 is 5.97 Å². The minimum absolute atomic E-state index is 0.0554. The van der Waals surface area contributed by atoms with Gasteiger partial charge in [0.2, 0.25) is 0 Å². The van der Waals surface area contributed by atoms with Gasteiger partial charge in [0.25, 0.3) is 5.91 Å². The van der Waals surface area contributed by atoms with E-state index in [-0.39, 0.29) is 18.1 Å². The number of carboxylic acid groups (broad SMARTS) is 1. The van der Waals surface area contributed by atoms with Crippen molar-refractivity contribution in [2.24, 2.45) is 5.41 Å². The van der Waals surface area contributed by atoms with Crippen LogP contribution in [0.15, 0.2) is 30.3 Å². The standard InChI is InChI=1S/C17H18ClN3O4/c18-12-3-1-11(2-4-12)13-9-14(21-20-13)15(22)19-10-17(16(23)24)5-7-25-8-6-17/h1-4,9H,5-8,10H2,(H,19,22)(H,20,21)(H,23,24). The zero-order valence-corrected chi connectivity index (χ0v) is 14.2. The number of amides is 1. The van der Waals surface area contributed by atoms with Crippen molar-refractivity contribution in [3.63, 3.8) is 0 Å². The second-order valence-electron chi connectivity index (χ2n) is 6.05. The van der Waals surface area contributed by atoms with E-state index in [1.807, 2.05) is 12.1 Å². The normalized spacial score (nSPS) is 16.4. The van der Waals surface area contributed by atoms with Crippen molar-refractivity contribution in [1.29, 1.82) is 0 Å². The Morgan fingerprint density at radius 2 is 1.96 bits per heavy atom. The molecule has 2 aromatic rings. The van der Waals surface area contributed by atoms with Crippen molar-refractivity contribution >= 4 is 23.5 Å². The Kier molecular flexibility index (Phi) is 5.06. The summed E-state index contributed by atoms with van der Waals surface area (Å²) in [5.41, 5.74) is 0.733. The van der Waals surface area contributed by atoms with Crippen molar-refractivity contribution in [1.82, 2.24) is 15.5 Å². The molecule has 1 aromatic heterocycles. The van der Waals surface area contributed by atoms with Crippen LogP contribution in [0.1, 0.15) is 23.3 Å². The van der Waals surface area contributed by atoms with E-state index in [9.17, 15) is 14.7 Å². The van der Waals surface area contributed by atoms with Gasteiger partial charge in [0, 0.05) is 30.3 Å². The van der Waals surface area contributed by atoms with E-state index in [1.165, 1.54) is 0 Å². The SMILES string of the molecule is O=C(NCC1(C(=O)O)CCOCC1)c1cc(-c2ccc(Cl)cc2)n[nH]1. The van der Waals surface area contributed by atoms with Gasteiger partial charge in [-0.1, -0.05) is 23.7 Å². The molecule has 7 nitrogen and oxygen atoms in total. The summed E-state index contributed by atoms with van der Waals surface area (Å²) >= 11 is 5.86. The highest BCUT2D eigenvalue weighted by molar-refractivity contribution is 6.30. The molecule has 132 valence electrons. The van der Waals surface area contributed by atoms with E-state index >= 15 is 0 Å². The van der Waals surface area contributed by atoms with E-state index in [0.29, 0.717) is 36.8 Å². The molecule has 8 heteroatoms. The molecule has 0 aliphatic carbocycles. The number of carboxylic acids is 1. The highest BCUT2D eigenvalue weighted by Gasteiger charge is 2.40. The summed E-state index contributed by atoms with van der Waals surface area (Å²) in [5.74, 6) is -1.30. The van der Waals surface area contributed by atoms with Gasteiger partial charge in [-0.05, 0) is 31.0 Å². The van der Waals surface area contributed by atoms with Gasteiger partial charge in [0.05, 0.1) is 11.1 Å². The highest BCUT2D eigenvalue weighted by atomic mass is 35.5. The average molecular weight is 364 g/mol. The third kappa shape index (κ3) is 3.83. The van der Waals surface area contributed by atoms with Crippen molar-refractivity contribution in [2.45, 2.75) is 12.8 Å². The summed E-state index contributed by atoms with van der Waals surface area (Å²) in [5, 5.41) is 19.6. The Morgan fingerprint density at radius 1 is 1.28 bits per heavy atom. The van der Waals surface area contributed by atoms with E-state index in [0.717, 1.165) is 5.56 Å². The molecular formula is C17H18ClN3O4. The third-order valence-electron chi connectivity index (χ3n) is 4.45. The first-order valence-corrected chi connectivity index (χ1v) is 8.29. The molecule has 3 rings (SSSR count). The predicted molar refractivity (Wildman–Crippen MR) is 91.5 cm³/mol. The molecule has 1 aliphatic rings. The molecule has 2 heterocycles. The maximum absolute atomic E-state index is 12.3. The molecule has 0 saturated carbocycles. The van der Waals surface area contributed by atoms with Gasteiger partial charge in [-0.25, -0.2) is 0 Å². The number of carbonyl (C=O) groups is 2. The molecule has 1 aromatic carbocycles. The van der Waals surface area contributed by atoms with Crippen LogP contribution < -0.4 is 5.32 Å². The average Bonchev–Trinajstić information content (AvgIpc) is 3.11. The lowest BCUT2D eigenvalue weighted by Gasteiger charge is -2.33. The summed E-state index contributed by atoms with van der Waals surface area (Å²) in [6.45, 7) is 0.819. The molecule has 0 radical (unpaired) electrons. The second kappa shape index (κ2) is 7.25. The summed E-state index contributed by atoms with van der Waals surface area (Å²) < 4.78 is 5.23. The number of H-pyrrole nitrogens is 1. The van der Waals surface area contributed by atoms with Crippen LogP contribution in [-0.2, 0) is 9.53 Å². The molecule has 0 atom stereocenters. The smallest absolute Gasteiger partial charge is 0.311 e. The van der Waals surface area contributed by atoms with E-state index < -0.39 is 11.4 Å². The van der Waals surface area contributed by atoms with Crippen molar-refractivity contribution in [3.05, 3.63) is 41.0 Å². The number of benzene rings is 1. The number of aromatic nitrogens is 2. The molecule has 1 aliphatic heterocycles. The fourth-order valence-corrected chi connectivity index (χ4v) is 2.91. The van der Waals surface area contributed by atoms with Crippen LogP contribution in [0.3, 0.4) is 0 Å². The lowest BCUT2D eigenvalue weighted by molar-refractivity contribution is -0.154. The van der Waals surface area contributed by atoms with Crippen LogP contribution in [0.5, 0.6) is 0 Å². The Morgan fingerprint density at radius 3 is 2.60 bits per heavy atom. The first-order valence-electron chi connectivity index (χ1n) is 7.91. The van der Waals surface area contributed by atoms with Crippen molar-refractivity contribution in [2.75, 3.05) is 19.8 Å². The zero-order chi connectivity index (χ0) is 17.9. The number of ether oxygens (including phenoxy) is 1. The molecule has 1 amide bonds. The first kappa shape index (κ1) is 17.4. The molecule has 25 heavy (non-hydrogen) atoms. The second-order valence-corrected chi connectivity index (χ2v) is 6.49. The highest BCUT2D eigenvalue weighted by Crippen LogP contribution is 2.30. The van der Waals surface area contributed by atoms with Gasteiger partial charge in [0.1, 0.15) is 5.69 Å². The fraction of sp³-hybridized carbons (Fsp3) is 0.353. The van der Waals surface area contributed by atoms with Crippen molar-refractivity contribution in [3.8, 4) is 11.3 Å². The van der Waals surface area contributed by atoms with Crippen LogP contribution in [0, 0.1) is 5.41 Å². The molecule has 0 unspecified atom stereocenters. The minimum atomic E-state index is -0.979. The third-order valence-corrected chi connectivity index (χ3v) is 4.71. The van der Waals surface area contributed by atoms with Crippen LogP contribution in [-0.4, -0.2) is 46.9 Å². The molecule has 1 saturated heterocycles. The fourth-order valence-electron chi connectivity index (χ4n) is 2.78. The number of rotatable bonds is 5. The Labute approximate surface area is 149 Å². The van der Waals surface area contributed by atoms with Gasteiger partial charge in [0.15, 0.2) is 0 Å². The largest absolute Gasteiger partial charge is 0.481 e. The molecule has 0 spiro atoms. The Balaban J connectivity index is 1.67.